The summed E-state index contributed by atoms with van der Waals surface area (Å²) in [7, 11) is 0. The number of benzene rings is 1. The first kappa shape index (κ1) is 14.9. The minimum Gasteiger partial charge on any atom is -0.297 e. The molecule has 1 aliphatic rings. The van der Waals surface area contributed by atoms with E-state index in [1.54, 1.807) is 0 Å². The lowest BCUT2D eigenvalue weighted by molar-refractivity contribution is 0.133. The molecule has 0 bridgehead atoms. The smallest absolute Gasteiger partial charge is 0.165 e. The molecule has 0 N–H and O–H groups in total. The van der Waals surface area contributed by atoms with Gasteiger partial charge in [0.25, 0.3) is 0 Å². The summed E-state index contributed by atoms with van der Waals surface area (Å²) in [6.07, 6.45) is 1.97. The molecule has 0 saturated carbocycles. The molecule has 0 spiro atoms. The summed E-state index contributed by atoms with van der Waals surface area (Å²) >= 11 is 0. The minimum atomic E-state index is 0.722. The maximum absolute atomic E-state index is 4.19. The van der Waals surface area contributed by atoms with Gasteiger partial charge in [0.15, 0.2) is 5.82 Å². The molecule has 6 nitrogen and oxygen atoms in total. The third-order valence-electron chi connectivity index (χ3n) is 4.00. The van der Waals surface area contributed by atoms with Crippen LogP contribution in [0.3, 0.4) is 0 Å². The molecular formula is C16H22N6. The van der Waals surface area contributed by atoms with Gasteiger partial charge >= 0.3 is 0 Å². The highest BCUT2D eigenvalue weighted by Crippen LogP contribution is 2.08. The predicted octanol–water partition coefficient (Wildman–Crippen LogP) is 1.02. The van der Waals surface area contributed by atoms with Gasteiger partial charge in [-0.3, -0.25) is 9.80 Å². The van der Waals surface area contributed by atoms with Gasteiger partial charge in [0.2, 0.25) is 0 Å². The molecule has 0 unspecified atom stereocenters. The lowest BCUT2D eigenvalue weighted by atomic mass is 10.2. The molecule has 22 heavy (non-hydrogen) atoms. The summed E-state index contributed by atoms with van der Waals surface area (Å²) in [6.45, 7) is 10.5. The molecule has 6 heteroatoms. The second-order valence-corrected chi connectivity index (χ2v) is 5.60. The van der Waals surface area contributed by atoms with Crippen LogP contribution in [0.25, 0.3) is 0 Å². The molecule has 0 atom stereocenters. The molecule has 1 aromatic carbocycles. The summed E-state index contributed by atoms with van der Waals surface area (Å²) in [5, 5.41) is 12.2. The Labute approximate surface area is 131 Å². The molecule has 3 rings (SSSR count). The largest absolute Gasteiger partial charge is 0.297 e. The molecule has 1 aliphatic heterocycles. The maximum Gasteiger partial charge on any atom is 0.165 e. The van der Waals surface area contributed by atoms with E-state index < -0.39 is 0 Å². The summed E-state index contributed by atoms with van der Waals surface area (Å²) < 4.78 is 1.89. The first-order valence-electron chi connectivity index (χ1n) is 7.70. The van der Waals surface area contributed by atoms with Crippen molar-refractivity contribution in [2.24, 2.45) is 0 Å². The first-order chi connectivity index (χ1) is 10.8. The molecule has 1 fully saturated rings. The van der Waals surface area contributed by atoms with Gasteiger partial charge in [0.05, 0.1) is 13.1 Å². The summed E-state index contributed by atoms with van der Waals surface area (Å²) in [5.41, 5.74) is 1.21. The lowest BCUT2D eigenvalue weighted by Gasteiger charge is -2.33. The zero-order valence-electron chi connectivity index (χ0n) is 12.8. The van der Waals surface area contributed by atoms with E-state index in [2.05, 4.69) is 44.0 Å². The third-order valence-corrected chi connectivity index (χ3v) is 4.00. The average molecular weight is 298 g/mol. The van der Waals surface area contributed by atoms with Crippen molar-refractivity contribution < 1.29 is 0 Å². The number of hydrogen-bond donors (Lipinski definition) is 0. The van der Waals surface area contributed by atoms with E-state index in [4.69, 9.17) is 0 Å². The molecular weight excluding hydrogens is 276 g/mol. The lowest BCUT2D eigenvalue weighted by Crippen LogP contribution is -2.46. The van der Waals surface area contributed by atoms with Crippen molar-refractivity contribution in [3.63, 3.8) is 0 Å². The zero-order chi connectivity index (χ0) is 15.2. The zero-order valence-corrected chi connectivity index (χ0v) is 12.8. The number of piperazine rings is 1. The Bertz CT molecular complexity index is 586. The monoisotopic (exact) mass is 298 g/mol. The van der Waals surface area contributed by atoms with Crippen molar-refractivity contribution in [2.75, 3.05) is 32.7 Å². The molecule has 1 aromatic heterocycles. The van der Waals surface area contributed by atoms with Crippen molar-refractivity contribution in [3.8, 4) is 0 Å². The minimum absolute atomic E-state index is 0.722. The van der Waals surface area contributed by atoms with Crippen LogP contribution < -0.4 is 0 Å². The van der Waals surface area contributed by atoms with Gasteiger partial charge in [0, 0.05) is 32.7 Å². The van der Waals surface area contributed by atoms with Gasteiger partial charge in [-0.15, -0.1) is 11.7 Å². The van der Waals surface area contributed by atoms with Crippen LogP contribution in [0.4, 0.5) is 0 Å². The third kappa shape index (κ3) is 3.78. The van der Waals surface area contributed by atoms with E-state index in [1.807, 2.05) is 29.0 Å². The number of tetrazole rings is 1. The van der Waals surface area contributed by atoms with Crippen LogP contribution in [0.1, 0.15) is 11.4 Å². The van der Waals surface area contributed by atoms with E-state index in [0.717, 1.165) is 51.6 Å². The van der Waals surface area contributed by atoms with Crippen LogP contribution in [-0.2, 0) is 13.1 Å². The van der Waals surface area contributed by atoms with E-state index in [1.165, 1.54) is 5.56 Å². The van der Waals surface area contributed by atoms with E-state index in [9.17, 15) is 0 Å². The van der Waals surface area contributed by atoms with Gasteiger partial charge in [0.1, 0.15) is 0 Å². The summed E-state index contributed by atoms with van der Waals surface area (Å²) in [6, 6.07) is 10.3. The number of hydrogen-bond acceptors (Lipinski definition) is 5. The Balaban J connectivity index is 1.58. The highest BCUT2D eigenvalue weighted by molar-refractivity contribution is 5.14. The number of rotatable bonds is 6. The van der Waals surface area contributed by atoms with Gasteiger partial charge in [-0.1, -0.05) is 36.4 Å². The van der Waals surface area contributed by atoms with E-state index in [-0.39, 0.29) is 0 Å². The van der Waals surface area contributed by atoms with Crippen LogP contribution in [0.5, 0.6) is 0 Å². The molecule has 116 valence electrons. The second kappa shape index (κ2) is 7.29. The Hall–Kier alpha value is -2.05. The fourth-order valence-electron chi connectivity index (χ4n) is 2.73. The van der Waals surface area contributed by atoms with Crippen molar-refractivity contribution in [3.05, 3.63) is 54.4 Å². The quantitative estimate of drug-likeness (QED) is 0.746. The first-order valence-corrected chi connectivity index (χ1v) is 7.70. The van der Waals surface area contributed by atoms with Crippen LogP contribution in [0.2, 0.25) is 0 Å². The van der Waals surface area contributed by atoms with Gasteiger partial charge < -0.3 is 0 Å². The Morgan fingerprint density at radius 2 is 1.73 bits per heavy atom. The van der Waals surface area contributed by atoms with Crippen LogP contribution >= 0.6 is 0 Å². The second-order valence-electron chi connectivity index (χ2n) is 5.60. The molecule has 0 radical (unpaired) electrons. The molecule has 1 saturated heterocycles. The van der Waals surface area contributed by atoms with Crippen LogP contribution in [0.15, 0.2) is 43.0 Å². The fourth-order valence-corrected chi connectivity index (χ4v) is 2.73. The summed E-state index contributed by atoms with van der Waals surface area (Å²) in [4.78, 5) is 4.82. The number of aromatic nitrogens is 4. The normalized spacial score (nSPS) is 16.7. The predicted molar refractivity (Wildman–Crippen MR) is 85.3 cm³/mol. The average Bonchev–Trinajstić information content (AvgIpc) is 2.97. The Kier molecular flexibility index (Phi) is 4.92. The highest BCUT2D eigenvalue weighted by atomic mass is 15.5. The Morgan fingerprint density at radius 3 is 2.45 bits per heavy atom. The van der Waals surface area contributed by atoms with Crippen molar-refractivity contribution in [1.82, 2.24) is 30.0 Å². The Morgan fingerprint density at radius 1 is 1.00 bits per heavy atom. The SMILES string of the molecule is C=CCN1CCN(Cc2nnnn2Cc2ccccc2)CC1. The van der Waals surface area contributed by atoms with Crippen LogP contribution in [-0.4, -0.2) is 62.7 Å². The molecule has 2 aromatic rings. The van der Waals surface area contributed by atoms with Crippen molar-refractivity contribution in [2.45, 2.75) is 13.1 Å². The van der Waals surface area contributed by atoms with Crippen LogP contribution in [0, 0.1) is 0 Å². The molecule has 0 amide bonds. The van der Waals surface area contributed by atoms with Gasteiger partial charge in [-0.05, 0) is 16.0 Å². The standard InChI is InChI=1S/C16H22N6/c1-2-8-20-9-11-21(12-10-20)14-16-17-18-19-22(16)13-15-6-4-3-5-7-15/h2-7H,1,8-14H2. The highest BCUT2D eigenvalue weighted by Gasteiger charge is 2.18. The van der Waals surface area contributed by atoms with Gasteiger partial charge in [-0.25, -0.2) is 4.68 Å². The van der Waals surface area contributed by atoms with Crippen molar-refractivity contribution in [1.29, 1.82) is 0 Å². The molecule has 2 heterocycles. The summed E-state index contributed by atoms with van der Waals surface area (Å²) in [5.74, 6) is 0.932. The van der Waals surface area contributed by atoms with E-state index >= 15 is 0 Å². The van der Waals surface area contributed by atoms with Crippen molar-refractivity contribution >= 4 is 0 Å². The van der Waals surface area contributed by atoms with Gasteiger partial charge in [-0.2, -0.15) is 0 Å². The maximum atomic E-state index is 4.19. The number of nitrogens with zero attached hydrogens (tertiary/aromatic N) is 6. The van der Waals surface area contributed by atoms with E-state index in [0.29, 0.717) is 0 Å². The molecule has 0 aliphatic carbocycles. The topological polar surface area (TPSA) is 50.1 Å². The fraction of sp³-hybridized carbons (Fsp3) is 0.438.